The van der Waals surface area contributed by atoms with Gasteiger partial charge in [0, 0.05) is 12.5 Å². The van der Waals surface area contributed by atoms with Crippen molar-refractivity contribution < 1.29 is 19.4 Å². The predicted molar refractivity (Wildman–Crippen MR) is 69.7 cm³/mol. The third kappa shape index (κ3) is 3.56. The summed E-state index contributed by atoms with van der Waals surface area (Å²) in [5, 5.41) is 9.17. The number of amides is 1. The Morgan fingerprint density at radius 2 is 2.00 bits per heavy atom. The molecular formula is C14H21NO4. The fourth-order valence-electron chi connectivity index (χ4n) is 2.71. The van der Waals surface area contributed by atoms with Crippen molar-refractivity contribution >= 4 is 11.9 Å². The first-order valence-corrected chi connectivity index (χ1v) is 6.96. The molecule has 2 aliphatic rings. The number of morpholine rings is 1. The van der Waals surface area contributed by atoms with Crippen LogP contribution in [0.4, 0.5) is 0 Å². The highest BCUT2D eigenvalue weighted by atomic mass is 16.5. The number of carbonyl (C=O) groups is 2. The Labute approximate surface area is 113 Å². The molecular weight excluding hydrogens is 246 g/mol. The van der Waals surface area contributed by atoms with E-state index in [4.69, 9.17) is 4.74 Å². The first-order chi connectivity index (χ1) is 9.20. The van der Waals surface area contributed by atoms with Crippen molar-refractivity contribution in [2.45, 2.75) is 38.1 Å². The van der Waals surface area contributed by atoms with Crippen LogP contribution < -0.4 is 0 Å². The van der Waals surface area contributed by atoms with Crippen molar-refractivity contribution in [3.63, 3.8) is 0 Å². The highest BCUT2D eigenvalue weighted by molar-refractivity contribution is 5.85. The number of ether oxygens (including phenoxy) is 1. The first kappa shape index (κ1) is 14.1. The van der Waals surface area contributed by atoms with Crippen LogP contribution in [0.25, 0.3) is 0 Å². The molecule has 2 rings (SSSR count). The molecule has 1 fully saturated rings. The van der Waals surface area contributed by atoms with Crippen LogP contribution in [0.5, 0.6) is 0 Å². The maximum atomic E-state index is 12.5. The van der Waals surface area contributed by atoms with Gasteiger partial charge in [-0.1, -0.05) is 12.2 Å². The molecule has 0 radical (unpaired) electrons. The molecule has 0 aromatic carbocycles. The highest BCUT2D eigenvalue weighted by Gasteiger charge is 2.35. The van der Waals surface area contributed by atoms with Gasteiger partial charge >= 0.3 is 5.97 Å². The topological polar surface area (TPSA) is 66.8 Å². The molecule has 1 aliphatic carbocycles. The lowest BCUT2D eigenvalue weighted by atomic mass is 9.92. The second-order valence-electron chi connectivity index (χ2n) is 5.14. The van der Waals surface area contributed by atoms with E-state index < -0.39 is 12.0 Å². The summed E-state index contributed by atoms with van der Waals surface area (Å²) >= 11 is 0. The molecule has 1 saturated heterocycles. The van der Waals surface area contributed by atoms with Crippen molar-refractivity contribution in [3.8, 4) is 0 Å². The van der Waals surface area contributed by atoms with Gasteiger partial charge in [-0.05, 0) is 32.1 Å². The van der Waals surface area contributed by atoms with Crippen LogP contribution in [0, 0.1) is 5.92 Å². The van der Waals surface area contributed by atoms with Crippen LogP contribution in [0.3, 0.4) is 0 Å². The van der Waals surface area contributed by atoms with Crippen LogP contribution in [-0.2, 0) is 14.3 Å². The predicted octanol–water partition coefficient (Wildman–Crippen LogP) is 1.43. The van der Waals surface area contributed by atoms with E-state index in [9.17, 15) is 14.7 Å². The van der Waals surface area contributed by atoms with Crippen molar-refractivity contribution in [1.29, 1.82) is 0 Å². The number of hydrogen-bond donors (Lipinski definition) is 1. The minimum atomic E-state index is -0.973. The quantitative estimate of drug-likeness (QED) is 0.769. The molecule has 0 aromatic heterocycles. The Bertz CT molecular complexity index is 366. The van der Waals surface area contributed by atoms with Gasteiger partial charge in [0.1, 0.15) is 0 Å². The van der Waals surface area contributed by atoms with E-state index in [1.807, 2.05) is 0 Å². The molecule has 2 unspecified atom stereocenters. The summed E-state index contributed by atoms with van der Waals surface area (Å²) in [5.41, 5.74) is 0. The van der Waals surface area contributed by atoms with E-state index in [-0.39, 0.29) is 18.4 Å². The van der Waals surface area contributed by atoms with Gasteiger partial charge in [-0.3, -0.25) is 4.79 Å². The number of carboxylic acids is 1. The second kappa shape index (κ2) is 6.70. The molecule has 106 valence electrons. The van der Waals surface area contributed by atoms with Gasteiger partial charge in [-0.15, -0.1) is 0 Å². The number of aliphatic carboxylic acids is 1. The number of rotatable bonds is 2. The molecule has 1 amide bonds. The lowest BCUT2D eigenvalue weighted by molar-refractivity contribution is -0.160. The monoisotopic (exact) mass is 267 g/mol. The van der Waals surface area contributed by atoms with E-state index in [1.165, 1.54) is 4.90 Å². The van der Waals surface area contributed by atoms with Gasteiger partial charge in [0.25, 0.3) is 0 Å². The standard InChI is InChI=1S/C14H21NO4/c16-13(11-6-4-2-1-3-5-7-11)15-8-9-19-10-12(15)14(17)18/h1-2,11-12H,3-10H2,(H,17,18)/b2-1-. The van der Waals surface area contributed by atoms with Gasteiger partial charge in [-0.25, -0.2) is 4.79 Å². The Hall–Kier alpha value is -1.36. The number of hydrogen-bond acceptors (Lipinski definition) is 3. The van der Waals surface area contributed by atoms with E-state index >= 15 is 0 Å². The molecule has 5 nitrogen and oxygen atoms in total. The maximum Gasteiger partial charge on any atom is 0.328 e. The van der Waals surface area contributed by atoms with Gasteiger partial charge in [0.15, 0.2) is 6.04 Å². The van der Waals surface area contributed by atoms with Gasteiger partial charge in [0.2, 0.25) is 5.91 Å². The van der Waals surface area contributed by atoms with Crippen molar-refractivity contribution in [1.82, 2.24) is 4.90 Å². The molecule has 0 saturated carbocycles. The summed E-state index contributed by atoms with van der Waals surface area (Å²) in [5.74, 6) is -1.02. The molecule has 1 aliphatic heterocycles. The lowest BCUT2D eigenvalue weighted by Crippen LogP contribution is -2.54. The van der Waals surface area contributed by atoms with Gasteiger partial charge in [-0.2, -0.15) is 0 Å². The van der Waals surface area contributed by atoms with E-state index in [0.717, 1.165) is 32.1 Å². The molecule has 0 aromatic rings. The van der Waals surface area contributed by atoms with Crippen molar-refractivity contribution in [3.05, 3.63) is 12.2 Å². The fraction of sp³-hybridized carbons (Fsp3) is 0.714. The normalized spacial score (nSPS) is 30.2. The first-order valence-electron chi connectivity index (χ1n) is 6.96. The minimum absolute atomic E-state index is 0.00833. The summed E-state index contributed by atoms with van der Waals surface area (Å²) in [6.45, 7) is 0.929. The molecule has 0 bridgehead atoms. The largest absolute Gasteiger partial charge is 0.480 e. The fourth-order valence-corrected chi connectivity index (χ4v) is 2.71. The summed E-state index contributed by atoms with van der Waals surface area (Å²) in [7, 11) is 0. The number of nitrogens with zero attached hydrogens (tertiary/aromatic N) is 1. The Kier molecular flexibility index (Phi) is 4.96. The minimum Gasteiger partial charge on any atom is -0.480 e. The molecule has 19 heavy (non-hydrogen) atoms. The van der Waals surface area contributed by atoms with Crippen molar-refractivity contribution in [2.24, 2.45) is 5.92 Å². The Morgan fingerprint density at radius 3 is 2.79 bits per heavy atom. The number of carbonyl (C=O) groups excluding carboxylic acids is 1. The number of allylic oxidation sites excluding steroid dienone is 2. The third-order valence-corrected chi connectivity index (χ3v) is 3.82. The SMILES string of the molecule is O=C(O)C1COCCN1C(=O)C1CC/C=C\CCC1. The maximum absolute atomic E-state index is 12.5. The van der Waals surface area contributed by atoms with Crippen LogP contribution >= 0.6 is 0 Å². The zero-order valence-electron chi connectivity index (χ0n) is 11.1. The zero-order chi connectivity index (χ0) is 13.7. The summed E-state index contributed by atoms with van der Waals surface area (Å²) in [6.07, 6.45) is 8.86. The van der Waals surface area contributed by atoms with Crippen LogP contribution in [0.1, 0.15) is 32.1 Å². The lowest BCUT2D eigenvalue weighted by Gasteiger charge is -2.35. The molecule has 2 atom stereocenters. The Morgan fingerprint density at radius 1 is 1.21 bits per heavy atom. The number of carboxylic acid groups (broad SMARTS) is 1. The summed E-state index contributed by atoms with van der Waals surface area (Å²) in [4.78, 5) is 25.2. The zero-order valence-corrected chi connectivity index (χ0v) is 11.1. The van der Waals surface area contributed by atoms with E-state index in [0.29, 0.717) is 13.2 Å². The summed E-state index contributed by atoms with van der Waals surface area (Å²) in [6, 6.07) is -0.817. The molecule has 0 spiro atoms. The van der Waals surface area contributed by atoms with Gasteiger partial charge in [0.05, 0.1) is 13.2 Å². The second-order valence-corrected chi connectivity index (χ2v) is 5.14. The van der Waals surface area contributed by atoms with Crippen LogP contribution in [0.2, 0.25) is 0 Å². The molecule has 1 N–H and O–H groups in total. The van der Waals surface area contributed by atoms with Crippen LogP contribution in [0.15, 0.2) is 12.2 Å². The highest BCUT2D eigenvalue weighted by Crippen LogP contribution is 2.23. The molecule has 5 heteroatoms. The Balaban J connectivity index is 2.03. The van der Waals surface area contributed by atoms with Crippen molar-refractivity contribution in [2.75, 3.05) is 19.8 Å². The van der Waals surface area contributed by atoms with Crippen LogP contribution in [-0.4, -0.2) is 47.7 Å². The van der Waals surface area contributed by atoms with Gasteiger partial charge < -0.3 is 14.7 Å². The smallest absolute Gasteiger partial charge is 0.328 e. The summed E-state index contributed by atoms with van der Waals surface area (Å²) < 4.78 is 5.17. The van der Waals surface area contributed by atoms with E-state index in [2.05, 4.69) is 12.2 Å². The van der Waals surface area contributed by atoms with E-state index in [1.54, 1.807) is 0 Å². The third-order valence-electron chi connectivity index (χ3n) is 3.82. The average molecular weight is 267 g/mol. The average Bonchev–Trinajstić information content (AvgIpc) is 2.37. The molecule has 1 heterocycles.